The molecule has 2 aromatic heterocycles. The Kier molecular flexibility index (Phi) is 9.24. The number of benzene rings is 1. The first-order valence-corrected chi connectivity index (χ1v) is 11.0. The molecule has 1 aromatic carbocycles. The van der Waals surface area contributed by atoms with Gasteiger partial charge in [0.25, 0.3) is 0 Å². The Morgan fingerprint density at radius 2 is 2.12 bits per heavy atom. The topological polar surface area (TPSA) is 117 Å². The first-order valence-electron chi connectivity index (χ1n) is 11.0. The van der Waals surface area contributed by atoms with Crippen LogP contribution in [0.4, 0.5) is 11.5 Å². The predicted octanol–water partition coefficient (Wildman–Crippen LogP) is 4.58. The molecule has 2 heterocycles. The van der Waals surface area contributed by atoms with Crippen molar-refractivity contribution < 1.29 is 9.47 Å². The van der Waals surface area contributed by atoms with E-state index in [1.165, 1.54) is 12.5 Å². The van der Waals surface area contributed by atoms with Gasteiger partial charge >= 0.3 is 0 Å². The number of aromatic nitrogens is 3. The Balaban J connectivity index is 1.71. The van der Waals surface area contributed by atoms with Crippen LogP contribution >= 0.6 is 0 Å². The summed E-state index contributed by atoms with van der Waals surface area (Å²) in [5.41, 5.74) is 3.11. The Morgan fingerprint density at radius 3 is 2.88 bits per heavy atom. The quantitative estimate of drug-likeness (QED) is 0.113. The van der Waals surface area contributed by atoms with E-state index in [9.17, 15) is 0 Å². The smallest absolute Gasteiger partial charge is 0.160 e. The van der Waals surface area contributed by atoms with Crippen LogP contribution in [-0.2, 0) is 0 Å². The van der Waals surface area contributed by atoms with E-state index in [4.69, 9.17) is 14.9 Å². The Labute approximate surface area is 199 Å². The van der Waals surface area contributed by atoms with Gasteiger partial charge in [0.2, 0.25) is 0 Å². The van der Waals surface area contributed by atoms with E-state index < -0.39 is 0 Å². The molecule has 0 radical (unpaired) electrons. The molecule has 0 amide bonds. The minimum absolute atomic E-state index is 0.528. The van der Waals surface area contributed by atoms with Crippen LogP contribution in [0.25, 0.3) is 11.0 Å². The van der Waals surface area contributed by atoms with E-state index in [2.05, 4.69) is 44.1 Å². The third kappa shape index (κ3) is 6.94. The normalized spacial score (nSPS) is 11.5. The van der Waals surface area contributed by atoms with Gasteiger partial charge in [-0.15, -0.1) is 0 Å². The number of anilines is 2. The highest BCUT2D eigenvalue weighted by Gasteiger charge is 2.09. The average Bonchev–Trinajstić information content (AvgIpc) is 2.85. The molecule has 3 N–H and O–H groups in total. The van der Waals surface area contributed by atoms with Gasteiger partial charge in [-0.25, -0.2) is 19.9 Å². The van der Waals surface area contributed by atoms with E-state index in [-0.39, 0.29) is 0 Å². The number of hydrogen-bond acceptors (Lipinski definition) is 8. The third-order valence-electron chi connectivity index (χ3n) is 4.73. The van der Waals surface area contributed by atoms with Crippen LogP contribution in [0.3, 0.4) is 0 Å². The molecule has 3 rings (SSSR count). The Morgan fingerprint density at radius 1 is 1.24 bits per heavy atom. The van der Waals surface area contributed by atoms with Crippen molar-refractivity contribution in [2.45, 2.75) is 20.3 Å². The van der Waals surface area contributed by atoms with Crippen molar-refractivity contribution in [3.05, 3.63) is 66.8 Å². The van der Waals surface area contributed by atoms with Crippen LogP contribution in [0.15, 0.2) is 66.3 Å². The van der Waals surface area contributed by atoms with E-state index in [0.29, 0.717) is 40.7 Å². The number of nitrogens with one attached hydrogen (secondary N) is 3. The summed E-state index contributed by atoms with van der Waals surface area (Å²) in [6.45, 7) is 10.3. The molecule has 0 aliphatic rings. The highest BCUT2D eigenvalue weighted by Crippen LogP contribution is 2.28. The number of nitrogens with zero attached hydrogens (tertiary/aromatic N) is 4. The molecule has 0 saturated heterocycles. The molecule has 0 atom stereocenters. The molecule has 0 bridgehead atoms. The SMILES string of the molecule is C=C/C(=C\C=NC=N)Oc1ccc(Nc2ncnc3cc(OCCCNCC)cnc23)cc1C. The van der Waals surface area contributed by atoms with Crippen LogP contribution in [0.2, 0.25) is 0 Å². The molecule has 0 aliphatic heterocycles. The molecular weight excluding hydrogens is 430 g/mol. The first kappa shape index (κ1) is 24.5. The van der Waals surface area contributed by atoms with Gasteiger partial charge in [-0.05, 0) is 62.3 Å². The number of aryl methyl sites for hydroxylation is 1. The predicted molar refractivity (Wildman–Crippen MR) is 137 cm³/mol. The van der Waals surface area contributed by atoms with E-state index in [1.807, 2.05) is 31.2 Å². The maximum absolute atomic E-state index is 6.94. The lowest BCUT2D eigenvalue weighted by Gasteiger charge is -2.13. The van der Waals surface area contributed by atoms with E-state index >= 15 is 0 Å². The number of hydrogen-bond donors (Lipinski definition) is 3. The van der Waals surface area contributed by atoms with Gasteiger partial charge in [0, 0.05) is 18.0 Å². The van der Waals surface area contributed by atoms with Crippen molar-refractivity contribution in [1.82, 2.24) is 20.3 Å². The zero-order valence-corrected chi connectivity index (χ0v) is 19.4. The molecule has 0 fully saturated rings. The molecule has 9 nitrogen and oxygen atoms in total. The zero-order valence-electron chi connectivity index (χ0n) is 19.4. The standard InChI is InChI=1S/C25H29N7O2/c1-4-20(9-11-28-16-26)34-23-8-7-19(13-18(23)3)32-25-24-22(30-17-31-25)14-21(15-29-24)33-12-6-10-27-5-2/h4,7-9,11,13-17,26-27H,1,5-6,10,12H2,2-3H3,(H,30,31,32)/b20-9+,26-16?,28-11?. The lowest BCUT2D eigenvalue weighted by Crippen LogP contribution is -2.16. The van der Waals surface area contributed by atoms with Gasteiger partial charge in [-0.3, -0.25) is 5.41 Å². The van der Waals surface area contributed by atoms with Gasteiger partial charge in [0.1, 0.15) is 35.4 Å². The molecule has 0 saturated carbocycles. The third-order valence-corrected chi connectivity index (χ3v) is 4.73. The number of pyridine rings is 1. The summed E-state index contributed by atoms with van der Waals surface area (Å²) >= 11 is 0. The number of rotatable bonds is 13. The van der Waals surface area contributed by atoms with Gasteiger partial charge in [0.15, 0.2) is 5.82 Å². The van der Waals surface area contributed by atoms with E-state index in [0.717, 1.165) is 37.1 Å². The second-order valence-corrected chi connectivity index (χ2v) is 7.22. The van der Waals surface area contributed by atoms with Gasteiger partial charge in [-0.2, -0.15) is 0 Å². The van der Waals surface area contributed by atoms with Crippen molar-refractivity contribution >= 4 is 35.1 Å². The van der Waals surface area contributed by atoms with Gasteiger partial charge in [-0.1, -0.05) is 13.5 Å². The summed E-state index contributed by atoms with van der Waals surface area (Å²) in [5, 5.41) is 13.5. The van der Waals surface area contributed by atoms with Crippen LogP contribution in [0, 0.1) is 12.3 Å². The number of ether oxygens (including phenoxy) is 2. The molecule has 0 aliphatic carbocycles. The van der Waals surface area contributed by atoms with Crippen LogP contribution in [0.5, 0.6) is 11.5 Å². The highest BCUT2D eigenvalue weighted by atomic mass is 16.5. The summed E-state index contributed by atoms with van der Waals surface area (Å²) in [5.74, 6) is 2.50. The molecule has 3 aromatic rings. The second-order valence-electron chi connectivity index (χ2n) is 7.22. The van der Waals surface area contributed by atoms with Gasteiger partial charge < -0.3 is 20.1 Å². The molecule has 9 heteroatoms. The summed E-state index contributed by atoms with van der Waals surface area (Å²) in [4.78, 5) is 16.9. The Bertz CT molecular complexity index is 1190. The van der Waals surface area contributed by atoms with Crippen molar-refractivity contribution in [2.24, 2.45) is 4.99 Å². The maximum atomic E-state index is 6.94. The van der Waals surface area contributed by atoms with Crippen LogP contribution in [0.1, 0.15) is 18.9 Å². The molecular formula is C25H29N7O2. The van der Waals surface area contributed by atoms with Crippen molar-refractivity contribution in [2.75, 3.05) is 25.0 Å². The fraction of sp³-hybridized carbons (Fsp3) is 0.240. The van der Waals surface area contributed by atoms with Crippen LogP contribution < -0.4 is 20.1 Å². The monoisotopic (exact) mass is 459 g/mol. The zero-order chi connectivity index (χ0) is 24.2. The van der Waals surface area contributed by atoms with Crippen molar-refractivity contribution in [3.63, 3.8) is 0 Å². The average molecular weight is 460 g/mol. The summed E-state index contributed by atoms with van der Waals surface area (Å²) < 4.78 is 11.7. The fourth-order valence-electron chi connectivity index (χ4n) is 3.07. The fourth-order valence-corrected chi connectivity index (χ4v) is 3.07. The molecule has 34 heavy (non-hydrogen) atoms. The summed E-state index contributed by atoms with van der Waals surface area (Å²) in [6, 6.07) is 7.58. The minimum Gasteiger partial charge on any atom is -0.492 e. The molecule has 0 spiro atoms. The number of fused-ring (bicyclic) bond motifs is 1. The number of allylic oxidation sites excluding steroid dienone is 2. The van der Waals surface area contributed by atoms with Gasteiger partial charge in [0.05, 0.1) is 18.3 Å². The first-order chi connectivity index (χ1) is 16.6. The molecule has 176 valence electrons. The molecule has 0 unspecified atom stereocenters. The lowest BCUT2D eigenvalue weighted by molar-refractivity contribution is 0.308. The highest BCUT2D eigenvalue weighted by molar-refractivity contribution is 5.87. The van der Waals surface area contributed by atoms with Crippen LogP contribution in [-0.4, -0.2) is 47.2 Å². The largest absolute Gasteiger partial charge is 0.492 e. The maximum Gasteiger partial charge on any atom is 0.160 e. The second kappa shape index (κ2) is 12.8. The van der Waals surface area contributed by atoms with Crippen molar-refractivity contribution in [1.29, 1.82) is 5.41 Å². The number of aliphatic imine (C=N–C) groups is 1. The van der Waals surface area contributed by atoms with Crippen molar-refractivity contribution in [3.8, 4) is 11.5 Å². The van der Waals surface area contributed by atoms with E-state index in [1.54, 1.807) is 18.3 Å². The summed E-state index contributed by atoms with van der Waals surface area (Å²) in [6.07, 6.45) is 9.77. The summed E-state index contributed by atoms with van der Waals surface area (Å²) in [7, 11) is 0. The minimum atomic E-state index is 0.528. The Hall–Kier alpha value is -4.11. The lowest BCUT2D eigenvalue weighted by atomic mass is 10.2.